The second kappa shape index (κ2) is 6.48. The standard InChI is InChI=1S/C21H21NO4/c1-13-11-12-16(26-13)18-17(19(23)14-7-3-2-4-8-14)20(24)21(25)22(18)15-9-5-6-10-15/h2-4,7-8,11-12,15,18,23H,5-6,9-10H2,1H3/b19-17-. The molecular formula is C21H21NO4. The third-order valence-electron chi connectivity index (χ3n) is 5.28. The molecule has 1 aromatic heterocycles. The van der Waals surface area contributed by atoms with Gasteiger partial charge in [-0.1, -0.05) is 43.2 Å². The van der Waals surface area contributed by atoms with Crippen LogP contribution in [0.1, 0.15) is 48.8 Å². The zero-order valence-corrected chi connectivity index (χ0v) is 14.6. The number of likely N-dealkylation sites (tertiary alicyclic amines) is 1. The molecule has 0 bridgehead atoms. The van der Waals surface area contributed by atoms with Gasteiger partial charge in [0.05, 0.1) is 5.57 Å². The number of hydrogen-bond donors (Lipinski definition) is 1. The maximum atomic E-state index is 12.8. The summed E-state index contributed by atoms with van der Waals surface area (Å²) in [5, 5.41) is 10.8. The van der Waals surface area contributed by atoms with Crippen LogP contribution in [0.3, 0.4) is 0 Å². The van der Waals surface area contributed by atoms with Crippen molar-refractivity contribution in [3.63, 3.8) is 0 Å². The van der Waals surface area contributed by atoms with Gasteiger partial charge in [-0.15, -0.1) is 0 Å². The maximum Gasteiger partial charge on any atom is 0.296 e. The molecule has 5 nitrogen and oxygen atoms in total. The number of aliphatic hydroxyl groups is 1. The largest absolute Gasteiger partial charge is 0.507 e. The number of hydrogen-bond acceptors (Lipinski definition) is 4. The highest BCUT2D eigenvalue weighted by molar-refractivity contribution is 6.46. The van der Waals surface area contributed by atoms with E-state index in [0.29, 0.717) is 17.1 Å². The number of aryl methyl sites for hydroxylation is 1. The van der Waals surface area contributed by atoms with Crippen molar-refractivity contribution >= 4 is 17.4 Å². The van der Waals surface area contributed by atoms with Crippen molar-refractivity contribution in [1.82, 2.24) is 4.90 Å². The molecule has 1 saturated carbocycles. The van der Waals surface area contributed by atoms with Crippen LogP contribution in [0, 0.1) is 6.92 Å². The number of carbonyl (C=O) groups excluding carboxylic acids is 2. The maximum absolute atomic E-state index is 12.8. The van der Waals surface area contributed by atoms with Crippen molar-refractivity contribution in [2.45, 2.75) is 44.7 Å². The van der Waals surface area contributed by atoms with E-state index >= 15 is 0 Å². The lowest BCUT2D eigenvalue weighted by molar-refractivity contribution is -0.141. The lowest BCUT2D eigenvalue weighted by Gasteiger charge is -2.29. The van der Waals surface area contributed by atoms with Gasteiger partial charge in [-0.25, -0.2) is 0 Å². The molecule has 1 aliphatic carbocycles. The van der Waals surface area contributed by atoms with Crippen molar-refractivity contribution in [3.8, 4) is 0 Å². The first kappa shape index (κ1) is 16.6. The molecule has 1 unspecified atom stereocenters. The summed E-state index contributed by atoms with van der Waals surface area (Å²) >= 11 is 0. The number of Topliss-reactive ketones (excluding diaryl/α,β-unsaturated/α-hetero) is 1. The Morgan fingerprint density at radius 1 is 1.08 bits per heavy atom. The lowest BCUT2D eigenvalue weighted by atomic mass is 9.99. The molecule has 0 radical (unpaired) electrons. The molecule has 2 fully saturated rings. The molecule has 1 saturated heterocycles. The predicted octanol–water partition coefficient (Wildman–Crippen LogP) is 3.95. The summed E-state index contributed by atoms with van der Waals surface area (Å²) in [5.41, 5.74) is 0.632. The van der Waals surface area contributed by atoms with Crippen LogP contribution in [0.15, 0.2) is 52.5 Å². The van der Waals surface area contributed by atoms with Gasteiger partial charge >= 0.3 is 0 Å². The normalized spacial score (nSPS) is 23.1. The zero-order chi connectivity index (χ0) is 18.3. The number of nitrogens with zero attached hydrogens (tertiary/aromatic N) is 1. The van der Waals surface area contributed by atoms with Crippen LogP contribution in [0.25, 0.3) is 5.76 Å². The lowest BCUT2D eigenvalue weighted by Crippen LogP contribution is -2.37. The summed E-state index contributed by atoms with van der Waals surface area (Å²) in [7, 11) is 0. The van der Waals surface area contributed by atoms with Crippen LogP contribution < -0.4 is 0 Å². The number of aliphatic hydroxyl groups excluding tert-OH is 1. The summed E-state index contributed by atoms with van der Waals surface area (Å²) < 4.78 is 5.78. The zero-order valence-electron chi connectivity index (χ0n) is 14.6. The van der Waals surface area contributed by atoms with Gasteiger partial charge < -0.3 is 14.4 Å². The first-order valence-corrected chi connectivity index (χ1v) is 9.00. The van der Waals surface area contributed by atoms with Crippen molar-refractivity contribution < 1.29 is 19.1 Å². The molecule has 0 spiro atoms. The van der Waals surface area contributed by atoms with Crippen molar-refractivity contribution in [1.29, 1.82) is 0 Å². The third kappa shape index (κ3) is 2.64. The summed E-state index contributed by atoms with van der Waals surface area (Å²) in [6.07, 6.45) is 3.82. The molecule has 2 aromatic rings. The number of rotatable bonds is 3. The van der Waals surface area contributed by atoms with Gasteiger partial charge in [-0.2, -0.15) is 0 Å². The SMILES string of the molecule is Cc1ccc(C2/C(=C(/O)c3ccccc3)C(=O)C(=O)N2C2CCCC2)o1. The smallest absolute Gasteiger partial charge is 0.296 e. The van der Waals surface area contributed by atoms with Crippen LogP contribution in [0.2, 0.25) is 0 Å². The summed E-state index contributed by atoms with van der Waals surface area (Å²) in [6.45, 7) is 1.82. The Bertz CT molecular complexity index is 874. The van der Waals surface area contributed by atoms with Crippen LogP contribution in [0.5, 0.6) is 0 Å². The Morgan fingerprint density at radius 3 is 2.38 bits per heavy atom. The Morgan fingerprint density at radius 2 is 1.77 bits per heavy atom. The van der Waals surface area contributed by atoms with Gasteiger partial charge in [-0.3, -0.25) is 9.59 Å². The third-order valence-corrected chi connectivity index (χ3v) is 5.28. The van der Waals surface area contributed by atoms with Gasteiger partial charge in [-0.05, 0) is 31.9 Å². The van der Waals surface area contributed by atoms with Crippen LogP contribution in [-0.2, 0) is 9.59 Å². The summed E-state index contributed by atoms with van der Waals surface area (Å²) in [6, 6.07) is 11.8. The summed E-state index contributed by atoms with van der Waals surface area (Å²) in [5.74, 6) is -0.114. The van der Waals surface area contributed by atoms with Gasteiger partial charge in [0.15, 0.2) is 0 Å². The fraction of sp³-hybridized carbons (Fsp3) is 0.333. The minimum Gasteiger partial charge on any atom is -0.507 e. The second-order valence-electron chi connectivity index (χ2n) is 6.96. The van der Waals surface area contributed by atoms with E-state index in [4.69, 9.17) is 4.42 Å². The Hall–Kier alpha value is -2.82. The van der Waals surface area contributed by atoms with Gasteiger partial charge in [0.2, 0.25) is 0 Å². The average molecular weight is 351 g/mol. The average Bonchev–Trinajstić information content (AvgIpc) is 3.37. The number of benzene rings is 1. The molecule has 4 rings (SSSR count). The minimum absolute atomic E-state index is 0.00271. The molecule has 1 amide bonds. The molecule has 1 aliphatic heterocycles. The van der Waals surface area contributed by atoms with E-state index in [9.17, 15) is 14.7 Å². The second-order valence-corrected chi connectivity index (χ2v) is 6.96. The van der Waals surface area contributed by atoms with E-state index in [0.717, 1.165) is 25.7 Å². The number of amides is 1. The Kier molecular flexibility index (Phi) is 4.15. The highest BCUT2D eigenvalue weighted by atomic mass is 16.3. The van der Waals surface area contributed by atoms with E-state index < -0.39 is 17.7 Å². The highest BCUT2D eigenvalue weighted by Gasteiger charge is 2.50. The van der Waals surface area contributed by atoms with Crippen molar-refractivity contribution in [2.24, 2.45) is 0 Å². The fourth-order valence-electron chi connectivity index (χ4n) is 4.04. The number of ketones is 1. The minimum atomic E-state index is -0.674. The van der Waals surface area contributed by atoms with Crippen LogP contribution in [0.4, 0.5) is 0 Å². The molecular weight excluding hydrogens is 330 g/mol. The molecule has 2 aliphatic rings. The Labute approximate surface area is 151 Å². The first-order chi connectivity index (χ1) is 12.6. The predicted molar refractivity (Wildman–Crippen MR) is 96.3 cm³/mol. The van der Waals surface area contributed by atoms with Gasteiger partial charge in [0.1, 0.15) is 23.3 Å². The van der Waals surface area contributed by atoms with E-state index in [1.807, 2.05) is 19.1 Å². The van der Waals surface area contributed by atoms with Crippen LogP contribution in [-0.4, -0.2) is 27.7 Å². The van der Waals surface area contributed by atoms with Crippen LogP contribution >= 0.6 is 0 Å². The van der Waals surface area contributed by atoms with Gasteiger partial charge in [0.25, 0.3) is 11.7 Å². The summed E-state index contributed by atoms with van der Waals surface area (Å²) in [4.78, 5) is 27.3. The fourth-order valence-corrected chi connectivity index (χ4v) is 4.04. The molecule has 5 heteroatoms. The molecule has 1 N–H and O–H groups in total. The van der Waals surface area contributed by atoms with Gasteiger partial charge in [0, 0.05) is 11.6 Å². The molecule has 1 atom stereocenters. The topological polar surface area (TPSA) is 70.8 Å². The molecule has 134 valence electrons. The van der Waals surface area contributed by atoms with Crippen molar-refractivity contribution in [3.05, 3.63) is 65.1 Å². The molecule has 1 aromatic carbocycles. The van der Waals surface area contributed by atoms with E-state index in [-0.39, 0.29) is 17.4 Å². The number of furan rings is 1. The highest BCUT2D eigenvalue weighted by Crippen LogP contribution is 2.43. The molecule has 26 heavy (non-hydrogen) atoms. The van der Waals surface area contributed by atoms with E-state index in [1.165, 1.54) is 0 Å². The molecule has 2 heterocycles. The number of carbonyl (C=O) groups is 2. The first-order valence-electron chi connectivity index (χ1n) is 9.00. The van der Waals surface area contributed by atoms with Crippen molar-refractivity contribution in [2.75, 3.05) is 0 Å². The monoisotopic (exact) mass is 351 g/mol. The van der Waals surface area contributed by atoms with E-state index in [2.05, 4.69) is 0 Å². The Balaban J connectivity index is 1.88. The van der Waals surface area contributed by atoms with E-state index in [1.54, 1.807) is 35.2 Å². The quantitative estimate of drug-likeness (QED) is 0.516.